The zero-order chi connectivity index (χ0) is 10.4. The van der Waals surface area contributed by atoms with Crippen LogP contribution in [0.15, 0.2) is 5.38 Å². The molecule has 14 heavy (non-hydrogen) atoms. The summed E-state index contributed by atoms with van der Waals surface area (Å²) in [7, 11) is 1.63. The molecular weight excluding hydrogens is 198 g/mol. The zero-order valence-electron chi connectivity index (χ0n) is 8.46. The van der Waals surface area contributed by atoms with Crippen LogP contribution in [0.1, 0.15) is 17.6 Å². The summed E-state index contributed by atoms with van der Waals surface area (Å²) in [5.74, 6) is -0.00376. The summed E-state index contributed by atoms with van der Waals surface area (Å²) in [6.07, 6.45) is 0.972. The molecule has 1 rings (SSSR count). The summed E-state index contributed by atoms with van der Waals surface area (Å²) < 4.78 is 0. The molecule has 78 valence electrons. The molecular formula is C9H15N3OS. The lowest BCUT2D eigenvalue weighted by atomic mass is 10.4. The van der Waals surface area contributed by atoms with Gasteiger partial charge in [-0.2, -0.15) is 0 Å². The van der Waals surface area contributed by atoms with Crippen LogP contribution >= 0.6 is 11.3 Å². The van der Waals surface area contributed by atoms with E-state index in [-0.39, 0.29) is 5.91 Å². The molecule has 0 bridgehead atoms. The van der Waals surface area contributed by atoms with Crippen LogP contribution in [0.4, 0.5) is 0 Å². The first-order valence-corrected chi connectivity index (χ1v) is 5.48. The predicted octanol–water partition coefficient (Wildman–Crippen LogP) is 0.541. The first-order chi connectivity index (χ1) is 6.76. The minimum Gasteiger partial charge on any atom is -0.358 e. The summed E-state index contributed by atoms with van der Waals surface area (Å²) in [5, 5.41) is 8.73. The average molecular weight is 213 g/mol. The Hall–Kier alpha value is -0.940. The number of thiazole rings is 1. The van der Waals surface area contributed by atoms with Gasteiger partial charge >= 0.3 is 0 Å². The highest BCUT2D eigenvalue weighted by Gasteiger charge is 2.01. The fourth-order valence-electron chi connectivity index (χ4n) is 0.985. The highest BCUT2D eigenvalue weighted by molar-refractivity contribution is 7.09. The second-order valence-electron chi connectivity index (χ2n) is 2.86. The summed E-state index contributed by atoms with van der Waals surface area (Å²) in [6.45, 7) is 3.08. The number of aryl methyl sites for hydroxylation is 1. The van der Waals surface area contributed by atoms with Crippen molar-refractivity contribution in [2.75, 3.05) is 13.6 Å². The van der Waals surface area contributed by atoms with Crippen LogP contribution in [-0.2, 0) is 17.8 Å². The van der Waals surface area contributed by atoms with Gasteiger partial charge in [-0.25, -0.2) is 4.98 Å². The third-order valence-corrected chi connectivity index (χ3v) is 2.81. The Balaban J connectivity index is 2.27. The molecule has 1 amide bonds. The smallest absolute Gasteiger partial charge is 0.233 e. The maximum absolute atomic E-state index is 10.9. The maximum atomic E-state index is 10.9. The van der Waals surface area contributed by atoms with E-state index in [4.69, 9.17) is 0 Å². The van der Waals surface area contributed by atoms with E-state index in [1.54, 1.807) is 18.4 Å². The van der Waals surface area contributed by atoms with Crippen molar-refractivity contribution in [2.45, 2.75) is 19.9 Å². The van der Waals surface area contributed by atoms with Gasteiger partial charge in [0, 0.05) is 19.0 Å². The highest BCUT2D eigenvalue weighted by atomic mass is 32.1. The van der Waals surface area contributed by atoms with Crippen LogP contribution < -0.4 is 10.6 Å². The van der Waals surface area contributed by atoms with Gasteiger partial charge in [0.1, 0.15) is 0 Å². The Labute approximate surface area is 87.7 Å². The monoisotopic (exact) mass is 213 g/mol. The van der Waals surface area contributed by atoms with E-state index < -0.39 is 0 Å². The molecule has 0 unspecified atom stereocenters. The van der Waals surface area contributed by atoms with Gasteiger partial charge in [-0.1, -0.05) is 6.92 Å². The third kappa shape index (κ3) is 3.43. The predicted molar refractivity (Wildman–Crippen MR) is 57.3 cm³/mol. The first kappa shape index (κ1) is 11.1. The van der Waals surface area contributed by atoms with E-state index in [0.717, 1.165) is 17.1 Å². The topological polar surface area (TPSA) is 54.0 Å². The van der Waals surface area contributed by atoms with E-state index in [2.05, 4.69) is 22.5 Å². The number of amides is 1. The minimum absolute atomic E-state index is 0.00376. The molecule has 0 fully saturated rings. The number of nitrogens with zero attached hydrogens (tertiary/aromatic N) is 1. The van der Waals surface area contributed by atoms with Gasteiger partial charge < -0.3 is 10.6 Å². The van der Waals surface area contributed by atoms with Gasteiger partial charge in [0.2, 0.25) is 5.91 Å². The van der Waals surface area contributed by atoms with E-state index in [1.165, 1.54) is 0 Å². The maximum Gasteiger partial charge on any atom is 0.233 e. The third-order valence-electron chi connectivity index (χ3n) is 1.77. The Morgan fingerprint density at radius 3 is 3.00 bits per heavy atom. The standard InChI is InChI=1S/C9H15N3OS/c1-3-9-12-7(6-14-9)4-11-5-8(13)10-2/h6,11H,3-5H2,1-2H3,(H,10,13). The minimum atomic E-state index is -0.00376. The molecule has 1 aromatic heterocycles. The second-order valence-corrected chi connectivity index (χ2v) is 3.81. The number of nitrogens with one attached hydrogen (secondary N) is 2. The molecule has 4 nitrogen and oxygen atoms in total. The summed E-state index contributed by atoms with van der Waals surface area (Å²) in [6, 6.07) is 0. The molecule has 0 radical (unpaired) electrons. The molecule has 0 saturated heterocycles. The van der Waals surface area contributed by atoms with Crippen LogP contribution in [0.2, 0.25) is 0 Å². The summed E-state index contributed by atoms with van der Waals surface area (Å²) in [4.78, 5) is 15.2. The number of hydrogen-bond acceptors (Lipinski definition) is 4. The normalized spacial score (nSPS) is 10.1. The molecule has 0 atom stereocenters. The summed E-state index contributed by atoms with van der Waals surface area (Å²) in [5.41, 5.74) is 1.01. The van der Waals surface area contributed by atoms with E-state index in [1.807, 2.05) is 5.38 Å². The SMILES string of the molecule is CCc1nc(CNCC(=O)NC)cs1. The lowest BCUT2D eigenvalue weighted by Crippen LogP contribution is -2.31. The van der Waals surface area contributed by atoms with Crippen molar-refractivity contribution in [1.82, 2.24) is 15.6 Å². The number of rotatable bonds is 5. The number of hydrogen-bond donors (Lipinski definition) is 2. The molecule has 0 aliphatic rings. The fourth-order valence-corrected chi connectivity index (χ4v) is 1.73. The van der Waals surface area contributed by atoms with Gasteiger partial charge in [-0.3, -0.25) is 4.79 Å². The number of carbonyl (C=O) groups excluding carboxylic acids is 1. The van der Waals surface area contributed by atoms with Gasteiger partial charge in [-0.05, 0) is 6.42 Å². The molecule has 0 saturated carbocycles. The number of carbonyl (C=O) groups is 1. The Kier molecular flexibility index (Phi) is 4.55. The Morgan fingerprint density at radius 2 is 2.43 bits per heavy atom. The zero-order valence-corrected chi connectivity index (χ0v) is 9.28. The molecule has 5 heteroatoms. The van der Waals surface area contributed by atoms with Crippen molar-refractivity contribution in [3.8, 4) is 0 Å². The van der Waals surface area contributed by atoms with Crippen LogP contribution in [0.5, 0.6) is 0 Å². The number of aromatic nitrogens is 1. The van der Waals surface area contributed by atoms with E-state index in [9.17, 15) is 4.79 Å². The van der Waals surface area contributed by atoms with Crippen LogP contribution in [-0.4, -0.2) is 24.5 Å². The van der Waals surface area contributed by atoms with Crippen LogP contribution in [0.3, 0.4) is 0 Å². The van der Waals surface area contributed by atoms with Crippen molar-refractivity contribution in [3.05, 3.63) is 16.1 Å². The molecule has 0 spiro atoms. The van der Waals surface area contributed by atoms with E-state index in [0.29, 0.717) is 13.1 Å². The van der Waals surface area contributed by atoms with Gasteiger partial charge in [0.05, 0.1) is 17.2 Å². The van der Waals surface area contributed by atoms with Crippen LogP contribution in [0, 0.1) is 0 Å². The van der Waals surface area contributed by atoms with Crippen LogP contribution in [0.25, 0.3) is 0 Å². The second kappa shape index (κ2) is 5.72. The van der Waals surface area contributed by atoms with Crippen molar-refractivity contribution in [1.29, 1.82) is 0 Å². The molecule has 0 aliphatic heterocycles. The van der Waals surface area contributed by atoms with Crippen molar-refractivity contribution >= 4 is 17.2 Å². The largest absolute Gasteiger partial charge is 0.358 e. The quantitative estimate of drug-likeness (QED) is 0.750. The van der Waals surface area contributed by atoms with Crippen molar-refractivity contribution in [3.63, 3.8) is 0 Å². The Bertz CT molecular complexity index is 298. The lowest BCUT2D eigenvalue weighted by Gasteiger charge is -2.00. The van der Waals surface area contributed by atoms with Crippen molar-refractivity contribution in [2.24, 2.45) is 0 Å². The van der Waals surface area contributed by atoms with E-state index >= 15 is 0 Å². The number of likely N-dealkylation sites (N-methyl/N-ethyl adjacent to an activating group) is 1. The molecule has 0 aliphatic carbocycles. The summed E-state index contributed by atoms with van der Waals surface area (Å²) >= 11 is 1.66. The molecule has 0 aromatic carbocycles. The van der Waals surface area contributed by atoms with Gasteiger partial charge in [0.15, 0.2) is 0 Å². The lowest BCUT2D eigenvalue weighted by molar-refractivity contribution is -0.119. The fraction of sp³-hybridized carbons (Fsp3) is 0.556. The van der Waals surface area contributed by atoms with Gasteiger partial charge in [-0.15, -0.1) is 11.3 Å². The average Bonchev–Trinajstić information content (AvgIpc) is 2.65. The first-order valence-electron chi connectivity index (χ1n) is 4.60. The molecule has 2 N–H and O–H groups in total. The molecule has 1 aromatic rings. The Morgan fingerprint density at radius 1 is 1.64 bits per heavy atom. The van der Waals surface area contributed by atoms with Gasteiger partial charge in [0.25, 0.3) is 0 Å². The van der Waals surface area contributed by atoms with Crippen molar-refractivity contribution < 1.29 is 4.79 Å². The highest BCUT2D eigenvalue weighted by Crippen LogP contribution is 2.09. The molecule has 1 heterocycles.